The van der Waals surface area contributed by atoms with E-state index < -0.39 is 5.82 Å². The lowest BCUT2D eigenvalue weighted by Gasteiger charge is -2.20. The summed E-state index contributed by atoms with van der Waals surface area (Å²) in [7, 11) is 0. The van der Waals surface area contributed by atoms with Crippen molar-refractivity contribution < 1.29 is 13.5 Å². The predicted molar refractivity (Wildman–Crippen MR) is 81.0 cm³/mol. The summed E-state index contributed by atoms with van der Waals surface area (Å²) in [6, 6.07) is 6.18. The van der Waals surface area contributed by atoms with Crippen LogP contribution in [0.25, 0.3) is 0 Å². The maximum atomic E-state index is 13.1. The van der Waals surface area contributed by atoms with Gasteiger partial charge in [0.05, 0.1) is 11.3 Å². The summed E-state index contributed by atoms with van der Waals surface area (Å²) in [5.74, 6) is 0.789. The molecule has 1 heterocycles. The summed E-state index contributed by atoms with van der Waals surface area (Å²) in [6.07, 6.45) is 1.63. The quantitative estimate of drug-likeness (QED) is 0.880. The number of nitrogens with one attached hydrogen (secondary N) is 1. The molecule has 5 heteroatoms. The van der Waals surface area contributed by atoms with Gasteiger partial charge in [0.25, 0.3) is 0 Å². The number of hydrogen-bond donors (Lipinski definition) is 1. The molecule has 0 amide bonds. The van der Waals surface area contributed by atoms with Gasteiger partial charge in [-0.2, -0.15) is 0 Å². The molecular weight excluding hydrogens is 293 g/mol. The van der Waals surface area contributed by atoms with Gasteiger partial charge in [0.1, 0.15) is 23.9 Å². The molecule has 0 radical (unpaired) electrons. The molecule has 21 heavy (non-hydrogen) atoms. The summed E-state index contributed by atoms with van der Waals surface area (Å²) in [5.41, 5.74) is 1.07. The van der Waals surface area contributed by atoms with E-state index in [1.165, 1.54) is 18.2 Å². The Morgan fingerprint density at radius 3 is 2.71 bits per heavy atom. The van der Waals surface area contributed by atoms with E-state index in [4.69, 9.17) is 20.8 Å². The van der Waals surface area contributed by atoms with E-state index in [-0.39, 0.29) is 17.2 Å². The highest BCUT2D eigenvalue weighted by Gasteiger charge is 2.13. The van der Waals surface area contributed by atoms with Crippen molar-refractivity contribution in [1.29, 1.82) is 0 Å². The van der Waals surface area contributed by atoms with Crippen LogP contribution in [-0.4, -0.2) is 5.54 Å². The van der Waals surface area contributed by atoms with E-state index >= 15 is 0 Å². The molecule has 0 bridgehead atoms. The molecule has 1 N–H and O–H groups in total. The lowest BCUT2D eigenvalue weighted by atomic mass is 10.1. The number of rotatable bonds is 5. The fourth-order valence-electron chi connectivity index (χ4n) is 1.73. The first-order valence-corrected chi connectivity index (χ1v) is 7.11. The molecule has 2 rings (SSSR count). The van der Waals surface area contributed by atoms with E-state index in [9.17, 15) is 4.39 Å². The Kier molecular flexibility index (Phi) is 4.91. The number of ether oxygens (including phenoxy) is 1. The third-order valence-corrected chi connectivity index (χ3v) is 3.20. The lowest BCUT2D eigenvalue weighted by molar-refractivity contribution is 0.267. The summed E-state index contributed by atoms with van der Waals surface area (Å²) in [4.78, 5) is 0. The average Bonchev–Trinajstić information content (AvgIpc) is 2.84. The maximum Gasteiger partial charge on any atom is 0.146 e. The zero-order chi connectivity index (χ0) is 15.5. The molecule has 0 fully saturated rings. The van der Waals surface area contributed by atoms with Gasteiger partial charge in [-0.05, 0) is 39.0 Å². The highest BCUT2D eigenvalue weighted by Crippen LogP contribution is 2.22. The Balaban J connectivity index is 1.97. The van der Waals surface area contributed by atoms with Crippen LogP contribution < -0.4 is 10.1 Å². The Labute approximate surface area is 129 Å². The third kappa shape index (κ3) is 4.76. The SMILES string of the molecule is CC(C)(C)NCc1ccoc1COc1ccc(F)c(Cl)c1. The lowest BCUT2D eigenvalue weighted by Crippen LogP contribution is -2.35. The van der Waals surface area contributed by atoms with Crippen LogP contribution in [0.15, 0.2) is 34.9 Å². The minimum absolute atomic E-state index is 0.0277. The van der Waals surface area contributed by atoms with E-state index in [0.29, 0.717) is 12.3 Å². The zero-order valence-corrected chi connectivity index (χ0v) is 13.1. The standard InChI is InChI=1S/C16H19ClFNO2/c1-16(2,3)19-9-11-6-7-20-15(11)10-21-12-4-5-14(18)13(17)8-12/h4-8,19H,9-10H2,1-3H3. The monoisotopic (exact) mass is 311 g/mol. The summed E-state index contributed by atoms with van der Waals surface area (Å²) in [6.45, 7) is 7.27. The van der Waals surface area contributed by atoms with Gasteiger partial charge in [0.2, 0.25) is 0 Å². The number of halogens is 2. The molecule has 114 valence electrons. The van der Waals surface area contributed by atoms with Crippen LogP contribution in [0.3, 0.4) is 0 Å². The van der Waals surface area contributed by atoms with E-state index in [1.54, 1.807) is 6.26 Å². The second kappa shape index (κ2) is 6.50. The number of benzene rings is 1. The van der Waals surface area contributed by atoms with Crippen LogP contribution in [0.5, 0.6) is 5.75 Å². The van der Waals surface area contributed by atoms with Crippen molar-refractivity contribution in [2.75, 3.05) is 0 Å². The summed E-state index contributed by atoms with van der Waals surface area (Å²) in [5, 5.41) is 3.44. The first-order chi connectivity index (χ1) is 9.85. The highest BCUT2D eigenvalue weighted by atomic mass is 35.5. The van der Waals surface area contributed by atoms with Crippen molar-refractivity contribution in [1.82, 2.24) is 5.32 Å². The Morgan fingerprint density at radius 1 is 1.29 bits per heavy atom. The van der Waals surface area contributed by atoms with Crippen LogP contribution >= 0.6 is 11.6 Å². The Bertz CT molecular complexity index is 605. The molecule has 0 saturated heterocycles. The van der Waals surface area contributed by atoms with Gasteiger partial charge in [0, 0.05) is 23.7 Å². The van der Waals surface area contributed by atoms with E-state index in [0.717, 1.165) is 11.3 Å². The summed E-state index contributed by atoms with van der Waals surface area (Å²) >= 11 is 5.72. The van der Waals surface area contributed by atoms with Crippen LogP contribution in [-0.2, 0) is 13.2 Å². The molecule has 0 aliphatic carbocycles. The topological polar surface area (TPSA) is 34.4 Å². The molecule has 0 unspecified atom stereocenters. The van der Waals surface area contributed by atoms with Gasteiger partial charge < -0.3 is 14.5 Å². The third-order valence-electron chi connectivity index (χ3n) is 2.91. The van der Waals surface area contributed by atoms with Gasteiger partial charge in [-0.3, -0.25) is 0 Å². The minimum Gasteiger partial charge on any atom is -0.486 e. The van der Waals surface area contributed by atoms with Crippen LogP contribution in [0.1, 0.15) is 32.1 Å². The highest BCUT2D eigenvalue weighted by molar-refractivity contribution is 6.30. The largest absolute Gasteiger partial charge is 0.486 e. The van der Waals surface area contributed by atoms with Gasteiger partial charge >= 0.3 is 0 Å². The average molecular weight is 312 g/mol. The maximum absolute atomic E-state index is 13.1. The van der Waals surface area contributed by atoms with Gasteiger partial charge in [-0.1, -0.05) is 11.6 Å². The number of furan rings is 1. The predicted octanol–water partition coefficient (Wildman–Crippen LogP) is 4.54. The van der Waals surface area contributed by atoms with Crippen molar-refractivity contribution in [3.05, 3.63) is 52.7 Å². The zero-order valence-electron chi connectivity index (χ0n) is 12.4. The molecule has 0 atom stereocenters. The van der Waals surface area contributed by atoms with Crippen molar-refractivity contribution in [3.63, 3.8) is 0 Å². The minimum atomic E-state index is -0.461. The van der Waals surface area contributed by atoms with Crippen molar-refractivity contribution in [3.8, 4) is 5.75 Å². The molecular formula is C16H19ClFNO2. The molecule has 0 spiro atoms. The molecule has 1 aromatic carbocycles. The first kappa shape index (κ1) is 15.9. The molecule has 0 saturated carbocycles. The van der Waals surface area contributed by atoms with Crippen LogP contribution in [0.4, 0.5) is 4.39 Å². The van der Waals surface area contributed by atoms with Crippen molar-refractivity contribution >= 4 is 11.6 Å². The molecule has 0 aliphatic rings. The van der Waals surface area contributed by atoms with Gasteiger partial charge in [-0.15, -0.1) is 0 Å². The van der Waals surface area contributed by atoms with Crippen molar-refractivity contribution in [2.24, 2.45) is 0 Å². The Morgan fingerprint density at radius 2 is 2.05 bits per heavy atom. The fraction of sp³-hybridized carbons (Fsp3) is 0.375. The molecule has 3 nitrogen and oxygen atoms in total. The first-order valence-electron chi connectivity index (χ1n) is 6.73. The normalized spacial score (nSPS) is 11.7. The molecule has 2 aromatic rings. The second-order valence-electron chi connectivity index (χ2n) is 5.84. The summed E-state index contributed by atoms with van der Waals surface area (Å²) < 4.78 is 24.1. The molecule has 1 aromatic heterocycles. The van der Waals surface area contributed by atoms with Gasteiger partial charge in [0.15, 0.2) is 0 Å². The van der Waals surface area contributed by atoms with Gasteiger partial charge in [-0.25, -0.2) is 4.39 Å². The van der Waals surface area contributed by atoms with E-state index in [1.807, 2.05) is 6.07 Å². The molecule has 0 aliphatic heterocycles. The fourth-order valence-corrected chi connectivity index (χ4v) is 1.90. The second-order valence-corrected chi connectivity index (χ2v) is 6.24. The number of hydrogen-bond acceptors (Lipinski definition) is 3. The van der Waals surface area contributed by atoms with Crippen molar-refractivity contribution in [2.45, 2.75) is 39.5 Å². The van der Waals surface area contributed by atoms with Crippen LogP contribution in [0, 0.1) is 5.82 Å². The Hall–Kier alpha value is -1.52. The smallest absolute Gasteiger partial charge is 0.146 e. The van der Waals surface area contributed by atoms with E-state index in [2.05, 4.69) is 26.1 Å². The van der Waals surface area contributed by atoms with Crippen LogP contribution in [0.2, 0.25) is 5.02 Å².